The molecule has 0 radical (unpaired) electrons. The number of nitrogens with zero attached hydrogens (tertiary/aromatic N) is 5. The van der Waals surface area contributed by atoms with Gasteiger partial charge in [-0.05, 0) is 34.5 Å². The summed E-state index contributed by atoms with van der Waals surface area (Å²) >= 11 is 0. The minimum absolute atomic E-state index is 0.200. The Labute approximate surface area is 214 Å². The zero-order valence-electron chi connectivity index (χ0n) is 20.4. The molecule has 4 heterocycles. The number of methoxy groups -OCH3 is 1. The van der Waals surface area contributed by atoms with Crippen LogP contribution in [0.1, 0.15) is 17.3 Å². The van der Waals surface area contributed by atoms with Crippen molar-refractivity contribution in [1.82, 2.24) is 14.7 Å². The number of fused-ring (bicyclic) bond motifs is 1. The molecule has 1 N–H and O–H groups in total. The summed E-state index contributed by atoms with van der Waals surface area (Å²) in [5, 5.41) is 13.8. The average Bonchev–Trinajstić information content (AvgIpc) is 2.85. The van der Waals surface area contributed by atoms with Gasteiger partial charge in [0.15, 0.2) is 0 Å². The summed E-state index contributed by atoms with van der Waals surface area (Å²) in [6.07, 6.45) is 0.388. The predicted octanol–water partition coefficient (Wildman–Crippen LogP) is 2.80. The lowest BCUT2D eigenvalue weighted by molar-refractivity contribution is -0.982. The highest BCUT2D eigenvalue weighted by Crippen LogP contribution is 2.43. The number of quaternary nitrogens is 1. The maximum Gasteiger partial charge on any atom is 0.294 e. The van der Waals surface area contributed by atoms with E-state index in [0.29, 0.717) is 26.7 Å². The van der Waals surface area contributed by atoms with Gasteiger partial charge in [0.25, 0.3) is 15.8 Å². The molecule has 4 aliphatic heterocycles. The van der Waals surface area contributed by atoms with E-state index in [1.807, 2.05) is 6.07 Å². The first kappa shape index (κ1) is 24.2. The molecule has 4 fully saturated rings. The molecular formula is C25H28N5O6S+. The second kappa shape index (κ2) is 8.72. The fourth-order valence-corrected chi connectivity index (χ4v) is 7.02. The Morgan fingerprint density at radius 3 is 2.51 bits per heavy atom. The monoisotopic (exact) mass is 526 g/mol. The molecule has 37 heavy (non-hydrogen) atoms. The standard InChI is InChI=1S/C25H27N5O6S/c1-36-21-7-5-18-3-2-4-19(22(18)12-21)9-10-30-15-26-13-27(16-30)25(28(14-26)17-30)23-11-20(29(31)32)6-8-24(23)37(33,34)35/h2-8,11-12,25H,9-10,13-17H2,1H3/p+1. The van der Waals surface area contributed by atoms with Crippen LogP contribution in [-0.4, -0.2) is 84.1 Å². The van der Waals surface area contributed by atoms with Crippen molar-refractivity contribution in [3.63, 3.8) is 0 Å². The van der Waals surface area contributed by atoms with Crippen LogP contribution in [0.25, 0.3) is 10.8 Å². The minimum Gasteiger partial charge on any atom is -0.497 e. The van der Waals surface area contributed by atoms with Gasteiger partial charge in [0.2, 0.25) is 0 Å². The molecule has 2 unspecified atom stereocenters. The second-order valence-corrected chi connectivity index (χ2v) is 11.6. The summed E-state index contributed by atoms with van der Waals surface area (Å²) in [7, 11) is -2.89. The molecule has 12 heteroatoms. The van der Waals surface area contributed by atoms with E-state index in [1.54, 1.807) is 7.11 Å². The van der Waals surface area contributed by atoms with E-state index in [2.05, 4.69) is 45.0 Å². The summed E-state index contributed by atoms with van der Waals surface area (Å²) < 4.78 is 40.4. The van der Waals surface area contributed by atoms with E-state index in [1.165, 1.54) is 17.0 Å². The van der Waals surface area contributed by atoms with Crippen LogP contribution in [-0.2, 0) is 16.5 Å². The van der Waals surface area contributed by atoms with Crippen molar-refractivity contribution in [1.29, 1.82) is 0 Å². The van der Waals surface area contributed by atoms with E-state index in [-0.39, 0.29) is 16.1 Å². The van der Waals surface area contributed by atoms with Gasteiger partial charge in [-0.2, -0.15) is 8.42 Å². The van der Waals surface area contributed by atoms with E-state index in [4.69, 9.17) is 4.74 Å². The van der Waals surface area contributed by atoms with Crippen LogP contribution in [0, 0.1) is 10.1 Å². The van der Waals surface area contributed by atoms with Crippen molar-refractivity contribution in [3.05, 3.63) is 75.8 Å². The zero-order valence-corrected chi connectivity index (χ0v) is 21.2. The Morgan fingerprint density at radius 1 is 1.08 bits per heavy atom. The third-order valence-corrected chi connectivity index (χ3v) is 8.64. The fourth-order valence-electron chi connectivity index (χ4n) is 6.32. The van der Waals surface area contributed by atoms with E-state index < -0.39 is 21.2 Å². The van der Waals surface area contributed by atoms with Gasteiger partial charge < -0.3 is 4.74 Å². The van der Waals surface area contributed by atoms with Crippen LogP contribution >= 0.6 is 0 Å². The molecule has 0 aromatic heterocycles. The SMILES string of the molecule is COc1ccc2cccc(CC[N+]34CN5CN(C3)C(c3cc([N+](=O)[O-])ccc3S(=O)(=O)O)N(C5)C4)c2c1. The quantitative estimate of drug-likeness (QED) is 0.215. The molecule has 4 bridgehead atoms. The Bertz CT molecular complexity index is 1500. The summed E-state index contributed by atoms with van der Waals surface area (Å²) in [4.78, 5) is 17.2. The highest BCUT2D eigenvalue weighted by atomic mass is 32.2. The first-order valence-electron chi connectivity index (χ1n) is 12.0. The average molecular weight is 527 g/mol. The minimum atomic E-state index is -4.55. The van der Waals surface area contributed by atoms with Gasteiger partial charge >= 0.3 is 0 Å². The topological polar surface area (TPSA) is 116 Å². The maximum atomic E-state index is 12.2. The lowest BCUT2D eigenvalue weighted by Gasteiger charge is -2.64. The van der Waals surface area contributed by atoms with Crippen molar-refractivity contribution in [2.24, 2.45) is 0 Å². The van der Waals surface area contributed by atoms with E-state index in [0.717, 1.165) is 47.4 Å². The number of non-ortho nitro benzene ring substituents is 1. The van der Waals surface area contributed by atoms with Crippen molar-refractivity contribution in [3.8, 4) is 5.75 Å². The Hall–Kier alpha value is -3.13. The van der Waals surface area contributed by atoms with Crippen molar-refractivity contribution in [2.75, 3.05) is 47.0 Å². The van der Waals surface area contributed by atoms with Gasteiger partial charge in [0.1, 0.15) is 36.8 Å². The summed E-state index contributed by atoms with van der Waals surface area (Å²) in [6, 6.07) is 16.0. The summed E-state index contributed by atoms with van der Waals surface area (Å²) in [5.41, 5.74) is 1.29. The predicted molar refractivity (Wildman–Crippen MR) is 135 cm³/mol. The lowest BCUT2D eigenvalue weighted by Crippen LogP contribution is -2.80. The first-order valence-corrected chi connectivity index (χ1v) is 13.5. The van der Waals surface area contributed by atoms with Crippen LogP contribution in [0.2, 0.25) is 0 Å². The smallest absolute Gasteiger partial charge is 0.294 e. The molecule has 4 aliphatic rings. The third kappa shape index (κ3) is 4.25. The van der Waals surface area contributed by atoms with Crippen LogP contribution in [0.4, 0.5) is 5.69 Å². The highest BCUT2D eigenvalue weighted by molar-refractivity contribution is 7.85. The van der Waals surface area contributed by atoms with Gasteiger partial charge in [0.05, 0.1) is 31.9 Å². The second-order valence-electron chi connectivity index (χ2n) is 10.2. The Balaban J connectivity index is 1.30. The van der Waals surface area contributed by atoms with Crippen molar-refractivity contribution in [2.45, 2.75) is 17.5 Å². The number of nitro benzene ring substituents is 1. The maximum absolute atomic E-state index is 12.2. The molecule has 194 valence electrons. The molecular weight excluding hydrogens is 498 g/mol. The normalized spacial score (nSPS) is 28.5. The molecule has 11 nitrogen and oxygen atoms in total. The van der Waals surface area contributed by atoms with Crippen molar-refractivity contribution >= 4 is 26.6 Å². The zero-order chi connectivity index (χ0) is 25.9. The van der Waals surface area contributed by atoms with E-state index in [9.17, 15) is 23.1 Å². The van der Waals surface area contributed by atoms with Crippen molar-refractivity contribution < 1.29 is 27.1 Å². The molecule has 0 saturated carbocycles. The van der Waals surface area contributed by atoms with Crippen LogP contribution in [0.5, 0.6) is 5.75 Å². The van der Waals surface area contributed by atoms with Crippen LogP contribution in [0.15, 0.2) is 59.5 Å². The molecule has 4 saturated heterocycles. The fraction of sp³-hybridized carbons (Fsp3) is 0.360. The number of benzene rings is 3. The molecule has 0 aliphatic carbocycles. The summed E-state index contributed by atoms with van der Waals surface area (Å²) in [6.45, 7) is 4.37. The largest absolute Gasteiger partial charge is 0.497 e. The molecule has 0 spiro atoms. The number of hydrogen-bond donors (Lipinski definition) is 1. The van der Waals surface area contributed by atoms with E-state index >= 15 is 0 Å². The Kier molecular flexibility index (Phi) is 5.71. The van der Waals surface area contributed by atoms with Gasteiger partial charge in [-0.3, -0.25) is 19.2 Å². The lowest BCUT2D eigenvalue weighted by atomic mass is 10.0. The molecule has 7 rings (SSSR count). The number of hydrogen-bond acceptors (Lipinski definition) is 8. The van der Waals surface area contributed by atoms with Gasteiger partial charge in [-0.1, -0.05) is 24.3 Å². The van der Waals surface area contributed by atoms with Crippen LogP contribution < -0.4 is 4.74 Å². The first-order chi connectivity index (χ1) is 17.7. The van der Waals surface area contributed by atoms with Gasteiger partial charge in [-0.25, -0.2) is 14.7 Å². The van der Waals surface area contributed by atoms with Crippen LogP contribution in [0.3, 0.4) is 0 Å². The number of rotatable bonds is 7. The molecule has 3 aromatic carbocycles. The molecule has 0 amide bonds. The van der Waals surface area contributed by atoms with Gasteiger partial charge in [-0.15, -0.1) is 0 Å². The number of nitro groups is 1. The molecule has 2 atom stereocenters. The Morgan fingerprint density at radius 2 is 1.84 bits per heavy atom. The highest BCUT2D eigenvalue weighted by Gasteiger charge is 2.54. The van der Waals surface area contributed by atoms with Gasteiger partial charge in [0, 0.05) is 24.1 Å². The molecule has 3 aromatic rings. The third-order valence-electron chi connectivity index (χ3n) is 7.71. The number of ether oxygens (including phenoxy) is 1. The summed E-state index contributed by atoms with van der Waals surface area (Å²) in [5.74, 6) is 0.821.